The van der Waals surface area contributed by atoms with Crippen molar-refractivity contribution < 1.29 is 17.2 Å². The van der Waals surface area contributed by atoms with Crippen LogP contribution in [0, 0.1) is 5.92 Å². The smallest absolute Gasteiger partial charge is 0.316 e. The van der Waals surface area contributed by atoms with Gasteiger partial charge in [0, 0.05) is 12.6 Å². The van der Waals surface area contributed by atoms with E-state index >= 15 is 0 Å². The van der Waals surface area contributed by atoms with Gasteiger partial charge >= 0.3 is 5.76 Å². The standard InChI is InChI=1S/C10H18F2N2O2S/c11-10(12)17(15,16)14-6-2-4-9(14)8-3-1-5-13-7-8/h8-10,13H,1-7H2. The second-order valence-electron chi connectivity index (χ2n) is 4.73. The van der Waals surface area contributed by atoms with Crippen molar-refractivity contribution >= 4 is 10.0 Å². The molecule has 2 aliphatic rings. The molecule has 7 heteroatoms. The Balaban J connectivity index is 2.11. The molecule has 0 amide bonds. The molecule has 0 spiro atoms. The third-order valence-corrected chi connectivity index (χ3v) is 5.24. The zero-order chi connectivity index (χ0) is 12.5. The minimum Gasteiger partial charge on any atom is -0.316 e. The summed E-state index contributed by atoms with van der Waals surface area (Å²) in [5.74, 6) is -3.11. The highest BCUT2D eigenvalue weighted by molar-refractivity contribution is 7.89. The fraction of sp³-hybridized carbons (Fsp3) is 1.00. The molecular formula is C10H18F2N2O2S. The summed E-state index contributed by atoms with van der Waals surface area (Å²) in [6, 6.07) is -0.234. The van der Waals surface area contributed by atoms with Crippen molar-refractivity contribution in [2.45, 2.75) is 37.5 Å². The molecule has 0 radical (unpaired) electrons. The van der Waals surface area contributed by atoms with Crippen molar-refractivity contribution in [2.24, 2.45) is 5.92 Å². The van der Waals surface area contributed by atoms with Crippen LogP contribution < -0.4 is 5.32 Å². The number of sulfonamides is 1. The first-order chi connectivity index (χ1) is 8.03. The largest absolute Gasteiger partial charge is 0.350 e. The van der Waals surface area contributed by atoms with Crippen LogP contribution in [-0.2, 0) is 10.0 Å². The SMILES string of the molecule is O=S(=O)(C(F)F)N1CCCC1C1CCCNC1. The Labute approximate surface area is 100 Å². The third-order valence-electron chi connectivity index (χ3n) is 3.68. The summed E-state index contributed by atoms with van der Waals surface area (Å²) in [5, 5.41) is 3.20. The highest BCUT2D eigenvalue weighted by atomic mass is 32.2. The molecule has 0 bridgehead atoms. The molecule has 2 atom stereocenters. The minimum absolute atomic E-state index is 0.180. The third kappa shape index (κ3) is 2.61. The Morgan fingerprint density at radius 3 is 2.59 bits per heavy atom. The van der Waals surface area contributed by atoms with Gasteiger partial charge in [-0.05, 0) is 44.7 Å². The molecule has 0 aromatic heterocycles. The zero-order valence-electron chi connectivity index (χ0n) is 9.61. The molecule has 100 valence electrons. The lowest BCUT2D eigenvalue weighted by molar-refractivity contribution is 0.195. The van der Waals surface area contributed by atoms with E-state index in [4.69, 9.17) is 0 Å². The van der Waals surface area contributed by atoms with E-state index in [0.29, 0.717) is 12.8 Å². The molecule has 4 nitrogen and oxygen atoms in total. The number of hydrogen-bond donors (Lipinski definition) is 1. The number of rotatable bonds is 3. The molecule has 0 aromatic carbocycles. The molecule has 17 heavy (non-hydrogen) atoms. The second-order valence-corrected chi connectivity index (χ2v) is 6.59. The normalized spacial score (nSPS) is 32.2. The number of nitrogens with one attached hydrogen (secondary N) is 1. The van der Waals surface area contributed by atoms with Crippen LogP contribution in [0.2, 0.25) is 0 Å². The van der Waals surface area contributed by atoms with Crippen LogP contribution >= 0.6 is 0 Å². The Bertz CT molecular complexity index is 355. The van der Waals surface area contributed by atoms with Gasteiger partial charge in [-0.15, -0.1) is 0 Å². The molecule has 2 saturated heterocycles. The van der Waals surface area contributed by atoms with Crippen molar-refractivity contribution in [2.75, 3.05) is 19.6 Å². The molecule has 2 aliphatic heterocycles. The van der Waals surface area contributed by atoms with E-state index in [1.807, 2.05) is 0 Å². The monoisotopic (exact) mass is 268 g/mol. The van der Waals surface area contributed by atoms with E-state index < -0.39 is 15.8 Å². The number of nitrogens with zero attached hydrogens (tertiary/aromatic N) is 1. The van der Waals surface area contributed by atoms with Gasteiger partial charge in [-0.1, -0.05) is 0 Å². The van der Waals surface area contributed by atoms with Crippen molar-refractivity contribution in [3.63, 3.8) is 0 Å². The summed E-state index contributed by atoms with van der Waals surface area (Å²) in [4.78, 5) is 0. The van der Waals surface area contributed by atoms with E-state index in [0.717, 1.165) is 30.2 Å². The molecule has 2 rings (SSSR count). The van der Waals surface area contributed by atoms with Crippen molar-refractivity contribution in [1.82, 2.24) is 9.62 Å². The van der Waals surface area contributed by atoms with Gasteiger partial charge in [-0.3, -0.25) is 0 Å². The highest BCUT2D eigenvalue weighted by Gasteiger charge is 2.42. The number of alkyl halides is 2. The zero-order valence-corrected chi connectivity index (χ0v) is 10.4. The van der Waals surface area contributed by atoms with Crippen LogP contribution in [0.25, 0.3) is 0 Å². The van der Waals surface area contributed by atoms with Gasteiger partial charge in [0.15, 0.2) is 0 Å². The molecular weight excluding hydrogens is 250 g/mol. The Kier molecular flexibility index (Phi) is 3.99. The van der Waals surface area contributed by atoms with E-state index in [1.165, 1.54) is 0 Å². The Morgan fingerprint density at radius 2 is 2.00 bits per heavy atom. The van der Waals surface area contributed by atoms with Gasteiger partial charge in [-0.2, -0.15) is 13.1 Å². The van der Waals surface area contributed by atoms with Gasteiger partial charge in [0.25, 0.3) is 10.0 Å². The molecule has 2 heterocycles. The second kappa shape index (κ2) is 5.16. The average molecular weight is 268 g/mol. The topological polar surface area (TPSA) is 49.4 Å². The van der Waals surface area contributed by atoms with Crippen LogP contribution in [0.15, 0.2) is 0 Å². The number of halogens is 2. The summed E-state index contributed by atoms with van der Waals surface area (Å²) in [7, 11) is -4.40. The predicted molar refractivity (Wildman–Crippen MR) is 60.2 cm³/mol. The lowest BCUT2D eigenvalue weighted by Crippen LogP contribution is -2.47. The van der Waals surface area contributed by atoms with Gasteiger partial charge < -0.3 is 5.32 Å². The molecule has 0 saturated carbocycles. The first kappa shape index (κ1) is 13.2. The van der Waals surface area contributed by atoms with Crippen molar-refractivity contribution in [1.29, 1.82) is 0 Å². The van der Waals surface area contributed by atoms with Gasteiger partial charge in [0.1, 0.15) is 0 Å². The van der Waals surface area contributed by atoms with Crippen molar-refractivity contribution in [3.05, 3.63) is 0 Å². The summed E-state index contributed by atoms with van der Waals surface area (Å²) in [5.41, 5.74) is 0. The fourth-order valence-electron chi connectivity index (χ4n) is 2.86. The van der Waals surface area contributed by atoms with E-state index in [9.17, 15) is 17.2 Å². The van der Waals surface area contributed by atoms with Crippen LogP contribution in [0.1, 0.15) is 25.7 Å². The van der Waals surface area contributed by atoms with E-state index in [1.54, 1.807) is 0 Å². The van der Waals surface area contributed by atoms with Gasteiger partial charge in [-0.25, -0.2) is 8.42 Å². The molecule has 0 aliphatic carbocycles. The summed E-state index contributed by atoms with van der Waals surface area (Å²) in [6.45, 7) is 1.92. The van der Waals surface area contributed by atoms with Gasteiger partial charge in [0.2, 0.25) is 0 Å². The molecule has 1 N–H and O–H groups in total. The first-order valence-corrected chi connectivity index (χ1v) is 7.53. The van der Waals surface area contributed by atoms with Crippen LogP contribution in [0.4, 0.5) is 8.78 Å². The Morgan fingerprint density at radius 1 is 1.24 bits per heavy atom. The van der Waals surface area contributed by atoms with Gasteiger partial charge in [0.05, 0.1) is 0 Å². The van der Waals surface area contributed by atoms with Crippen LogP contribution in [0.3, 0.4) is 0 Å². The van der Waals surface area contributed by atoms with Crippen LogP contribution in [0.5, 0.6) is 0 Å². The minimum atomic E-state index is -4.40. The molecule has 2 fully saturated rings. The Hall–Kier alpha value is -0.270. The van der Waals surface area contributed by atoms with E-state index in [-0.39, 0.29) is 18.5 Å². The molecule has 0 aromatic rings. The van der Waals surface area contributed by atoms with Crippen molar-refractivity contribution in [3.8, 4) is 0 Å². The quantitative estimate of drug-likeness (QED) is 0.831. The summed E-state index contributed by atoms with van der Waals surface area (Å²) in [6.07, 6.45) is 3.31. The highest BCUT2D eigenvalue weighted by Crippen LogP contribution is 2.32. The maximum atomic E-state index is 12.6. The summed E-state index contributed by atoms with van der Waals surface area (Å²) >= 11 is 0. The van der Waals surface area contributed by atoms with Crippen LogP contribution in [-0.4, -0.2) is 44.2 Å². The summed E-state index contributed by atoms with van der Waals surface area (Å²) < 4.78 is 49.2. The maximum absolute atomic E-state index is 12.6. The first-order valence-electron chi connectivity index (χ1n) is 6.03. The fourth-order valence-corrected chi connectivity index (χ4v) is 4.11. The lowest BCUT2D eigenvalue weighted by atomic mass is 9.91. The molecule has 2 unspecified atom stereocenters. The number of piperidine rings is 1. The predicted octanol–water partition coefficient (Wildman–Crippen LogP) is 1.00. The number of hydrogen-bond acceptors (Lipinski definition) is 3. The average Bonchev–Trinajstić information content (AvgIpc) is 2.79. The van der Waals surface area contributed by atoms with E-state index in [2.05, 4.69) is 5.32 Å². The lowest BCUT2D eigenvalue weighted by Gasteiger charge is -2.33. The maximum Gasteiger partial charge on any atom is 0.350 e.